The molecule has 2 aliphatic rings. The zero-order valence-corrected chi connectivity index (χ0v) is 8.66. The molecule has 2 heterocycles. The maximum absolute atomic E-state index is 11.7. The average Bonchev–Trinajstić information content (AvgIpc) is 2.19. The molecule has 0 spiro atoms. The third-order valence-electron chi connectivity index (χ3n) is 2.97. The monoisotopic (exact) mass is 198 g/mol. The van der Waals surface area contributed by atoms with Crippen molar-refractivity contribution in [2.24, 2.45) is 0 Å². The summed E-state index contributed by atoms with van der Waals surface area (Å²) in [5.74, 6) is 0.128. The third kappa shape index (κ3) is 1.91. The van der Waals surface area contributed by atoms with Crippen molar-refractivity contribution in [3.05, 3.63) is 0 Å². The smallest absolute Gasteiger partial charge is 0.250 e. The molecule has 2 rings (SSSR count). The molecule has 2 unspecified atom stereocenters. The van der Waals surface area contributed by atoms with E-state index >= 15 is 0 Å². The second-order valence-electron chi connectivity index (χ2n) is 4.13. The van der Waals surface area contributed by atoms with E-state index in [2.05, 4.69) is 5.32 Å². The van der Waals surface area contributed by atoms with Crippen LogP contribution in [0.25, 0.3) is 0 Å². The van der Waals surface area contributed by atoms with Crippen LogP contribution in [-0.4, -0.2) is 42.8 Å². The summed E-state index contributed by atoms with van der Waals surface area (Å²) in [6.45, 7) is 4.00. The summed E-state index contributed by atoms with van der Waals surface area (Å²) in [6.07, 6.45) is 3.77. The van der Waals surface area contributed by atoms with Gasteiger partial charge in [-0.15, -0.1) is 0 Å². The predicted molar refractivity (Wildman–Crippen MR) is 52.8 cm³/mol. The minimum Gasteiger partial charge on any atom is -0.370 e. The van der Waals surface area contributed by atoms with Crippen LogP contribution in [0.4, 0.5) is 0 Å². The van der Waals surface area contributed by atoms with Gasteiger partial charge in [-0.25, -0.2) is 0 Å². The number of amides is 1. The predicted octanol–water partition coefficient (Wildman–Crippen LogP) is 0.333. The second-order valence-corrected chi connectivity index (χ2v) is 4.13. The first kappa shape index (κ1) is 9.93. The summed E-state index contributed by atoms with van der Waals surface area (Å²) in [5.41, 5.74) is 0. The van der Waals surface area contributed by atoms with Crippen LogP contribution < -0.4 is 5.32 Å². The highest BCUT2D eigenvalue weighted by atomic mass is 16.5. The van der Waals surface area contributed by atoms with Crippen LogP contribution in [0.2, 0.25) is 0 Å². The molecular weight excluding hydrogens is 180 g/mol. The van der Waals surface area contributed by atoms with E-state index in [0.29, 0.717) is 6.61 Å². The first-order chi connectivity index (χ1) is 6.79. The molecule has 2 aliphatic heterocycles. The highest BCUT2D eigenvalue weighted by Crippen LogP contribution is 2.17. The standard InChI is InChI=1S/C10H18N2O2/c1-8-6-14-7-10(13)12(8)9-4-2-3-5-11-9/h8-9,11H,2-7H2,1H3. The molecule has 0 aromatic carbocycles. The first-order valence-corrected chi connectivity index (χ1v) is 5.41. The number of carbonyl (C=O) groups is 1. The van der Waals surface area contributed by atoms with Crippen LogP contribution in [-0.2, 0) is 9.53 Å². The highest BCUT2D eigenvalue weighted by molar-refractivity contribution is 5.78. The first-order valence-electron chi connectivity index (χ1n) is 5.41. The van der Waals surface area contributed by atoms with Gasteiger partial charge in [0.2, 0.25) is 5.91 Å². The van der Waals surface area contributed by atoms with Crippen LogP contribution in [0.15, 0.2) is 0 Å². The Morgan fingerprint density at radius 2 is 2.36 bits per heavy atom. The Labute approximate surface area is 84.6 Å². The Kier molecular flexibility index (Phi) is 3.03. The summed E-state index contributed by atoms with van der Waals surface area (Å²) in [4.78, 5) is 13.6. The van der Waals surface area contributed by atoms with Gasteiger partial charge in [-0.05, 0) is 32.7 Å². The van der Waals surface area contributed by atoms with Gasteiger partial charge in [0.1, 0.15) is 6.61 Å². The maximum atomic E-state index is 11.7. The molecule has 80 valence electrons. The van der Waals surface area contributed by atoms with Gasteiger partial charge in [-0.1, -0.05) is 0 Å². The van der Waals surface area contributed by atoms with Gasteiger partial charge in [0.05, 0.1) is 18.8 Å². The zero-order chi connectivity index (χ0) is 9.97. The number of hydrogen-bond acceptors (Lipinski definition) is 3. The van der Waals surface area contributed by atoms with Crippen molar-refractivity contribution in [2.75, 3.05) is 19.8 Å². The van der Waals surface area contributed by atoms with E-state index in [-0.39, 0.29) is 24.7 Å². The van der Waals surface area contributed by atoms with Crippen molar-refractivity contribution in [1.82, 2.24) is 10.2 Å². The number of morpholine rings is 1. The second kappa shape index (κ2) is 4.28. The van der Waals surface area contributed by atoms with Gasteiger partial charge >= 0.3 is 0 Å². The van der Waals surface area contributed by atoms with E-state index in [1.165, 1.54) is 12.8 Å². The summed E-state index contributed by atoms with van der Waals surface area (Å²) < 4.78 is 5.20. The molecule has 2 saturated heterocycles. The van der Waals surface area contributed by atoms with Crippen LogP contribution in [0, 0.1) is 0 Å². The van der Waals surface area contributed by atoms with Crippen LogP contribution in [0.3, 0.4) is 0 Å². The Morgan fingerprint density at radius 3 is 3.00 bits per heavy atom. The zero-order valence-electron chi connectivity index (χ0n) is 8.66. The van der Waals surface area contributed by atoms with Crippen molar-refractivity contribution in [3.63, 3.8) is 0 Å². The lowest BCUT2D eigenvalue weighted by Crippen LogP contribution is -2.58. The molecule has 14 heavy (non-hydrogen) atoms. The topological polar surface area (TPSA) is 41.6 Å². The number of rotatable bonds is 1. The van der Waals surface area contributed by atoms with Gasteiger partial charge in [0, 0.05) is 0 Å². The number of hydrogen-bond donors (Lipinski definition) is 1. The Hall–Kier alpha value is -0.610. The normalized spacial score (nSPS) is 34.6. The molecule has 2 atom stereocenters. The average molecular weight is 198 g/mol. The fraction of sp³-hybridized carbons (Fsp3) is 0.900. The summed E-state index contributed by atoms with van der Waals surface area (Å²) in [6, 6.07) is 0.215. The van der Waals surface area contributed by atoms with Crippen molar-refractivity contribution in [3.8, 4) is 0 Å². The molecule has 0 aromatic heterocycles. The van der Waals surface area contributed by atoms with Crippen LogP contribution in [0.1, 0.15) is 26.2 Å². The van der Waals surface area contributed by atoms with Crippen molar-refractivity contribution >= 4 is 5.91 Å². The number of nitrogens with one attached hydrogen (secondary N) is 1. The maximum Gasteiger partial charge on any atom is 0.250 e. The van der Waals surface area contributed by atoms with Crippen LogP contribution in [0.5, 0.6) is 0 Å². The number of piperidine rings is 1. The lowest BCUT2D eigenvalue weighted by atomic mass is 10.1. The van der Waals surface area contributed by atoms with E-state index in [0.717, 1.165) is 13.0 Å². The quantitative estimate of drug-likeness (QED) is 0.660. The lowest BCUT2D eigenvalue weighted by molar-refractivity contribution is -0.152. The molecule has 0 radical (unpaired) electrons. The fourth-order valence-electron chi connectivity index (χ4n) is 2.27. The minimum absolute atomic E-state index is 0.128. The van der Waals surface area contributed by atoms with Gasteiger partial charge in [-0.2, -0.15) is 0 Å². The van der Waals surface area contributed by atoms with E-state index < -0.39 is 0 Å². The highest BCUT2D eigenvalue weighted by Gasteiger charge is 2.32. The van der Waals surface area contributed by atoms with Crippen molar-refractivity contribution in [2.45, 2.75) is 38.4 Å². The molecule has 0 bridgehead atoms. The van der Waals surface area contributed by atoms with Gasteiger partial charge in [0.25, 0.3) is 0 Å². The molecule has 0 aromatic rings. The molecule has 1 amide bonds. The van der Waals surface area contributed by atoms with E-state index in [1.54, 1.807) is 0 Å². The third-order valence-corrected chi connectivity index (χ3v) is 2.97. The summed E-state index contributed by atoms with van der Waals surface area (Å²) in [5, 5.41) is 3.40. The number of carbonyl (C=O) groups excluding carboxylic acids is 1. The van der Waals surface area contributed by atoms with Crippen LogP contribution >= 0.6 is 0 Å². The Morgan fingerprint density at radius 1 is 1.50 bits per heavy atom. The Bertz CT molecular complexity index is 214. The molecular formula is C10H18N2O2. The largest absolute Gasteiger partial charge is 0.370 e. The molecule has 2 fully saturated rings. The summed E-state index contributed by atoms with van der Waals surface area (Å²) in [7, 11) is 0. The molecule has 0 saturated carbocycles. The van der Waals surface area contributed by atoms with Crippen molar-refractivity contribution in [1.29, 1.82) is 0 Å². The van der Waals surface area contributed by atoms with E-state index in [1.807, 2.05) is 11.8 Å². The minimum atomic E-state index is 0.128. The van der Waals surface area contributed by atoms with E-state index in [4.69, 9.17) is 4.74 Å². The van der Waals surface area contributed by atoms with Gasteiger partial charge in [-0.3, -0.25) is 10.1 Å². The summed E-state index contributed by atoms with van der Waals surface area (Å²) >= 11 is 0. The molecule has 0 aliphatic carbocycles. The number of ether oxygens (including phenoxy) is 1. The molecule has 1 N–H and O–H groups in total. The fourth-order valence-corrected chi connectivity index (χ4v) is 2.27. The van der Waals surface area contributed by atoms with Gasteiger partial charge in [0.15, 0.2) is 0 Å². The van der Waals surface area contributed by atoms with Crippen molar-refractivity contribution < 1.29 is 9.53 Å². The van der Waals surface area contributed by atoms with Gasteiger partial charge < -0.3 is 9.64 Å². The van der Waals surface area contributed by atoms with E-state index in [9.17, 15) is 4.79 Å². The SMILES string of the molecule is CC1COCC(=O)N1C1CCCCN1. The molecule has 4 nitrogen and oxygen atoms in total. The molecule has 4 heteroatoms. The lowest BCUT2D eigenvalue weighted by Gasteiger charge is -2.41. The number of nitrogens with zero attached hydrogens (tertiary/aromatic N) is 1. The Balaban J connectivity index is 2.01.